The van der Waals surface area contributed by atoms with Gasteiger partial charge in [-0.05, 0) is 24.0 Å². The van der Waals surface area contributed by atoms with E-state index in [2.05, 4.69) is 5.10 Å². The van der Waals surface area contributed by atoms with Gasteiger partial charge in [0.25, 0.3) is 5.91 Å². The highest BCUT2D eigenvalue weighted by Crippen LogP contribution is 2.35. The lowest BCUT2D eigenvalue weighted by atomic mass is 9.79. The lowest BCUT2D eigenvalue weighted by Crippen LogP contribution is -2.54. The maximum atomic E-state index is 13.7. The van der Waals surface area contributed by atoms with Crippen molar-refractivity contribution in [1.82, 2.24) is 14.7 Å². The molecule has 2 heterocycles. The normalized spacial score (nSPS) is 20.2. The van der Waals surface area contributed by atoms with Gasteiger partial charge in [0.15, 0.2) is 5.69 Å². The number of para-hydroxylation sites is 1. The van der Waals surface area contributed by atoms with E-state index < -0.39 is 23.3 Å². The van der Waals surface area contributed by atoms with Crippen molar-refractivity contribution in [1.29, 1.82) is 0 Å². The molecule has 1 aromatic heterocycles. The summed E-state index contributed by atoms with van der Waals surface area (Å²) in [5.74, 6) is -0.667. The number of likely N-dealkylation sites (tertiary alicyclic amines) is 1. The van der Waals surface area contributed by atoms with Crippen LogP contribution in [0.2, 0.25) is 0 Å². The van der Waals surface area contributed by atoms with Crippen LogP contribution in [0.3, 0.4) is 0 Å². The Hall–Kier alpha value is -2.35. The zero-order chi connectivity index (χ0) is 19.1. The minimum Gasteiger partial charge on any atom is -0.338 e. The highest BCUT2D eigenvalue weighted by molar-refractivity contribution is 5.95. The summed E-state index contributed by atoms with van der Waals surface area (Å²) >= 11 is 0. The first kappa shape index (κ1) is 18.4. The van der Waals surface area contributed by atoms with E-state index in [1.54, 1.807) is 18.2 Å². The molecule has 5 nitrogen and oxygen atoms in total. The molecule has 1 aliphatic rings. The Bertz CT molecular complexity index is 799. The van der Waals surface area contributed by atoms with Crippen LogP contribution in [0.1, 0.15) is 36.3 Å². The third-order valence-corrected chi connectivity index (χ3v) is 4.87. The van der Waals surface area contributed by atoms with Gasteiger partial charge in [-0.2, -0.15) is 18.3 Å². The van der Waals surface area contributed by atoms with E-state index in [-0.39, 0.29) is 17.1 Å². The maximum Gasteiger partial charge on any atom is 0.434 e. The average Bonchev–Trinajstić information content (AvgIpc) is 3.03. The summed E-state index contributed by atoms with van der Waals surface area (Å²) in [6.45, 7) is 4.46. The van der Waals surface area contributed by atoms with Crippen molar-refractivity contribution < 1.29 is 18.0 Å². The number of halogens is 3. The molecule has 0 spiro atoms. The maximum absolute atomic E-state index is 13.7. The van der Waals surface area contributed by atoms with Gasteiger partial charge < -0.3 is 10.6 Å². The fourth-order valence-electron chi connectivity index (χ4n) is 3.26. The number of piperidine rings is 1. The molecule has 0 bridgehead atoms. The Labute approximate surface area is 149 Å². The van der Waals surface area contributed by atoms with E-state index in [0.29, 0.717) is 19.5 Å². The van der Waals surface area contributed by atoms with Crippen LogP contribution < -0.4 is 5.73 Å². The Morgan fingerprint density at radius 1 is 1.27 bits per heavy atom. The van der Waals surface area contributed by atoms with Gasteiger partial charge in [-0.15, -0.1) is 0 Å². The number of nitrogens with two attached hydrogens (primary N) is 1. The quantitative estimate of drug-likeness (QED) is 0.888. The number of hydrogen-bond acceptors (Lipinski definition) is 3. The monoisotopic (exact) mass is 366 g/mol. The molecule has 0 radical (unpaired) electrons. The fourth-order valence-corrected chi connectivity index (χ4v) is 3.26. The van der Waals surface area contributed by atoms with E-state index in [9.17, 15) is 18.0 Å². The van der Waals surface area contributed by atoms with Crippen LogP contribution in [0.4, 0.5) is 13.2 Å². The van der Waals surface area contributed by atoms with Crippen LogP contribution in [0, 0.1) is 5.41 Å². The van der Waals surface area contributed by atoms with E-state index >= 15 is 0 Å². The summed E-state index contributed by atoms with van der Waals surface area (Å²) in [7, 11) is 0. The van der Waals surface area contributed by atoms with E-state index in [1.165, 1.54) is 17.0 Å². The largest absolute Gasteiger partial charge is 0.434 e. The van der Waals surface area contributed by atoms with Crippen LogP contribution in [-0.4, -0.2) is 39.7 Å². The summed E-state index contributed by atoms with van der Waals surface area (Å²) < 4.78 is 41.9. The molecule has 8 heteroatoms. The molecule has 1 unspecified atom stereocenters. The van der Waals surface area contributed by atoms with E-state index in [4.69, 9.17) is 5.73 Å². The summed E-state index contributed by atoms with van der Waals surface area (Å²) in [6, 6.07) is 7.87. The molecule has 0 aliphatic carbocycles. The van der Waals surface area contributed by atoms with Gasteiger partial charge in [-0.25, -0.2) is 4.68 Å². The molecule has 1 fully saturated rings. The molecular formula is C18H21F3N4O. The van der Waals surface area contributed by atoms with Crippen LogP contribution in [-0.2, 0) is 6.18 Å². The Kier molecular flexibility index (Phi) is 4.56. The highest BCUT2D eigenvalue weighted by Gasteiger charge is 2.43. The van der Waals surface area contributed by atoms with Crippen molar-refractivity contribution in [2.45, 2.75) is 32.5 Å². The fraction of sp³-hybridized carbons (Fsp3) is 0.444. The molecule has 1 aliphatic heterocycles. The van der Waals surface area contributed by atoms with Crippen molar-refractivity contribution in [3.63, 3.8) is 0 Å². The van der Waals surface area contributed by atoms with Gasteiger partial charge in [-0.3, -0.25) is 4.79 Å². The van der Waals surface area contributed by atoms with Gasteiger partial charge >= 0.3 is 6.18 Å². The van der Waals surface area contributed by atoms with Crippen LogP contribution in [0.5, 0.6) is 0 Å². The molecule has 140 valence electrons. The molecule has 1 amide bonds. The van der Waals surface area contributed by atoms with Gasteiger partial charge in [-0.1, -0.05) is 32.0 Å². The lowest BCUT2D eigenvalue weighted by molar-refractivity contribution is -0.143. The number of amides is 1. The van der Waals surface area contributed by atoms with Crippen molar-refractivity contribution in [2.75, 3.05) is 13.1 Å². The second kappa shape index (κ2) is 6.42. The lowest BCUT2D eigenvalue weighted by Gasteiger charge is -2.42. The predicted octanol–water partition coefficient (Wildman–Crippen LogP) is 3.09. The first-order chi connectivity index (χ1) is 12.1. The second-order valence-electron chi connectivity index (χ2n) is 7.26. The molecule has 1 saturated heterocycles. The summed E-state index contributed by atoms with van der Waals surface area (Å²) in [6.07, 6.45) is -3.16. The number of carbonyl (C=O) groups excluding carboxylic acids is 1. The number of hydrogen-bond donors (Lipinski definition) is 1. The standard InChI is InChI=1S/C18H21F3N4O/c1-17(2)11-24(9-8-14(17)22)16(26)13-10-23-25(15(13)18(19,20)21)12-6-4-3-5-7-12/h3-7,10,14H,8-9,11,22H2,1-2H3. The Balaban J connectivity index is 2.01. The third kappa shape index (κ3) is 3.33. The topological polar surface area (TPSA) is 64.2 Å². The SMILES string of the molecule is CC1(C)CN(C(=O)c2cnn(-c3ccccc3)c2C(F)(F)F)CCC1N. The number of rotatable bonds is 2. The van der Waals surface area contributed by atoms with Gasteiger partial charge in [0.05, 0.1) is 17.4 Å². The number of benzene rings is 1. The molecule has 2 N–H and O–H groups in total. The van der Waals surface area contributed by atoms with Crippen LogP contribution >= 0.6 is 0 Å². The molecule has 26 heavy (non-hydrogen) atoms. The van der Waals surface area contributed by atoms with E-state index in [1.807, 2.05) is 13.8 Å². The number of alkyl halides is 3. The predicted molar refractivity (Wildman–Crippen MR) is 90.8 cm³/mol. The number of aromatic nitrogens is 2. The first-order valence-electron chi connectivity index (χ1n) is 8.37. The third-order valence-electron chi connectivity index (χ3n) is 4.87. The summed E-state index contributed by atoms with van der Waals surface area (Å²) in [5.41, 5.74) is 4.46. The van der Waals surface area contributed by atoms with Crippen molar-refractivity contribution >= 4 is 5.91 Å². The zero-order valence-electron chi connectivity index (χ0n) is 14.6. The second-order valence-corrected chi connectivity index (χ2v) is 7.26. The molecule has 1 atom stereocenters. The Morgan fingerprint density at radius 3 is 2.50 bits per heavy atom. The minimum atomic E-state index is -4.71. The summed E-state index contributed by atoms with van der Waals surface area (Å²) in [4.78, 5) is 14.3. The molecule has 2 aromatic rings. The van der Waals surface area contributed by atoms with Gasteiger partial charge in [0.1, 0.15) is 0 Å². The smallest absolute Gasteiger partial charge is 0.338 e. The zero-order valence-corrected chi connectivity index (χ0v) is 14.6. The van der Waals surface area contributed by atoms with E-state index in [0.717, 1.165) is 10.9 Å². The minimum absolute atomic E-state index is 0.0966. The molecular weight excluding hydrogens is 345 g/mol. The molecule has 3 rings (SSSR count). The number of carbonyl (C=O) groups is 1. The van der Waals surface area contributed by atoms with Crippen LogP contribution in [0.25, 0.3) is 5.69 Å². The molecule has 1 aromatic carbocycles. The number of nitrogens with zero attached hydrogens (tertiary/aromatic N) is 3. The van der Waals surface area contributed by atoms with Crippen molar-refractivity contribution in [2.24, 2.45) is 11.1 Å². The first-order valence-corrected chi connectivity index (χ1v) is 8.37. The highest BCUT2D eigenvalue weighted by atomic mass is 19.4. The molecule has 0 saturated carbocycles. The van der Waals surface area contributed by atoms with Crippen molar-refractivity contribution in [3.8, 4) is 5.69 Å². The summed E-state index contributed by atoms with van der Waals surface area (Å²) in [5, 5.41) is 3.84. The van der Waals surface area contributed by atoms with Crippen molar-refractivity contribution in [3.05, 3.63) is 47.8 Å². The van der Waals surface area contributed by atoms with Crippen LogP contribution in [0.15, 0.2) is 36.5 Å². The van der Waals surface area contributed by atoms with Gasteiger partial charge in [0, 0.05) is 19.1 Å². The van der Waals surface area contributed by atoms with Gasteiger partial charge in [0.2, 0.25) is 0 Å². The average molecular weight is 366 g/mol. The Morgan fingerprint density at radius 2 is 1.92 bits per heavy atom.